The summed E-state index contributed by atoms with van der Waals surface area (Å²) in [5.41, 5.74) is 7.06. The van der Waals surface area contributed by atoms with E-state index in [4.69, 9.17) is 10.5 Å². The molecule has 2 unspecified atom stereocenters. The van der Waals surface area contributed by atoms with E-state index >= 15 is 0 Å². The zero-order valence-electron chi connectivity index (χ0n) is 14.8. The van der Waals surface area contributed by atoms with Crippen LogP contribution in [0.15, 0.2) is 36.2 Å². The molecule has 0 radical (unpaired) electrons. The second-order valence-electron chi connectivity index (χ2n) is 7.45. The summed E-state index contributed by atoms with van der Waals surface area (Å²) in [6, 6.07) is 8.07. The second kappa shape index (κ2) is 7.16. The van der Waals surface area contributed by atoms with Gasteiger partial charge in [0.05, 0.1) is 11.7 Å². The Morgan fingerprint density at radius 3 is 2.68 bits per heavy atom. The number of fused-ring (bicyclic) bond motifs is 2. The fraction of sp³-hybridized carbons (Fsp3) is 0.550. The van der Waals surface area contributed by atoms with Crippen molar-refractivity contribution in [2.75, 3.05) is 20.2 Å². The van der Waals surface area contributed by atoms with Crippen LogP contribution in [0.25, 0.3) is 0 Å². The molecule has 1 aromatic carbocycles. The van der Waals surface area contributed by atoms with Crippen LogP contribution in [0, 0.1) is 5.41 Å². The molecule has 1 aromatic rings. The third-order valence-electron chi connectivity index (χ3n) is 6.09. The fourth-order valence-electron chi connectivity index (χ4n) is 4.67. The number of carbonyl (C=O) groups excluding carboxylic acids is 1. The van der Waals surface area contributed by atoms with Crippen molar-refractivity contribution in [3.63, 3.8) is 0 Å². The van der Waals surface area contributed by atoms with Crippen molar-refractivity contribution in [1.29, 1.82) is 0 Å². The van der Waals surface area contributed by atoms with E-state index in [0.29, 0.717) is 17.7 Å². The van der Waals surface area contributed by atoms with Gasteiger partial charge in [0.1, 0.15) is 12.4 Å². The summed E-state index contributed by atoms with van der Waals surface area (Å²) in [6.45, 7) is 0.316. The molecule has 2 fully saturated rings. The molecule has 25 heavy (non-hydrogen) atoms. The second-order valence-corrected chi connectivity index (χ2v) is 7.45. The average Bonchev–Trinajstić information content (AvgIpc) is 2.94. The highest BCUT2D eigenvalue weighted by atomic mass is 19.1. The van der Waals surface area contributed by atoms with Gasteiger partial charge < -0.3 is 15.8 Å². The van der Waals surface area contributed by atoms with Crippen LogP contribution in [-0.2, 0) is 10.2 Å². The van der Waals surface area contributed by atoms with Gasteiger partial charge in [0.25, 0.3) is 0 Å². The van der Waals surface area contributed by atoms with Gasteiger partial charge in [0.15, 0.2) is 0 Å². The number of carbonyl (C=O) groups is 1. The first-order valence-corrected chi connectivity index (χ1v) is 9.01. The highest BCUT2D eigenvalue weighted by molar-refractivity contribution is 5.83. The van der Waals surface area contributed by atoms with Gasteiger partial charge >= 0.3 is 0 Å². The number of benzene rings is 1. The van der Waals surface area contributed by atoms with Crippen LogP contribution in [-0.4, -0.2) is 26.1 Å². The summed E-state index contributed by atoms with van der Waals surface area (Å²) < 4.78 is 18.1. The topological polar surface area (TPSA) is 64.3 Å². The van der Waals surface area contributed by atoms with E-state index in [1.165, 1.54) is 5.56 Å². The zero-order valence-corrected chi connectivity index (χ0v) is 14.8. The summed E-state index contributed by atoms with van der Waals surface area (Å²) in [4.78, 5) is 12.4. The van der Waals surface area contributed by atoms with Crippen molar-refractivity contribution in [2.45, 2.75) is 43.9 Å². The van der Waals surface area contributed by atoms with E-state index in [-0.39, 0.29) is 29.9 Å². The Kier molecular flexibility index (Phi) is 5.13. The molecule has 2 aliphatic rings. The molecule has 3 rings (SSSR count). The lowest BCUT2D eigenvalue weighted by Crippen LogP contribution is -2.41. The van der Waals surface area contributed by atoms with Crippen LogP contribution in [0.1, 0.15) is 44.1 Å². The number of halogens is 1. The molecule has 2 aliphatic carbocycles. The van der Waals surface area contributed by atoms with Gasteiger partial charge in [-0.3, -0.25) is 4.79 Å². The van der Waals surface area contributed by atoms with Gasteiger partial charge in [0, 0.05) is 19.2 Å². The van der Waals surface area contributed by atoms with Crippen molar-refractivity contribution in [1.82, 2.24) is 5.32 Å². The minimum Gasteiger partial charge on any atom is -0.489 e. The maximum Gasteiger partial charge on any atom is 0.225 e. The van der Waals surface area contributed by atoms with Crippen LogP contribution in [0.2, 0.25) is 0 Å². The van der Waals surface area contributed by atoms with Crippen LogP contribution in [0.5, 0.6) is 5.75 Å². The lowest BCUT2D eigenvalue weighted by atomic mass is 9.66. The van der Waals surface area contributed by atoms with Gasteiger partial charge in [-0.05, 0) is 55.2 Å². The third kappa shape index (κ3) is 3.30. The Morgan fingerprint density at radius 1 is 1.28 bits per heavy atom. The molecule has 0 heterocycles. The van der Waals surface area contributed by atoms with Crippen LogP contribution in [0.4, 0.5) is 4.39 Å². The summed E-state index contributed by atoms with van der Waals surface area (Å²) in [5.74, 6) is 0.903. The van der Waals surface area contributed by atoms with Crippen molar-refractivity contribution >= 4 is 5.91 Å². The molecule has 0 spiro atoms. The molecule has 3 N–H and O–H groups in total. The molecule has 136 valence electrons. The smallest absolute Gasteiger partial charge is 0.225 e. The van der Waals surface area contributed by atoms with Gasteiger partial charge in [-0.25, -0.2) is 4.39 Å². The molecular weight excluding hydrogens is 319 g/mol. The average molecular weight is 346 g/mol. The number of amides is 1. The van der Waals surface area contributed by atoms with Gasteiger partial charge in [0.2, 0.25) is 5.91 Å². The van der Waals surface area contributed by atoms with E-state index < -0.39 is 0 Å². The maximum atomic E-state index is 12.5. The summed E-state index contributed by atoms with van der Waals surface area (Å²) >= 11 is 0. The Hall–Kier alpha value is -1.88. The van der Waals surface area contributed by atoms with E-state index in [9.17, 15) is 9.18 Å². The number of nitrogens with one attached hydrogen (secondary N) is 1. The normalized spacial score (nSPS) is 28.7. The van der Waals surface area contributed by atoms with Crippen molar-refractivity contribution < 1.29 is 13.9 Å². The third-order valence-corrected chi connectivity index (χ3v) is 6.09. The molecule has 4 nitrogen and oxygen atoms in total. The molecule has 2 atom stereocenters. The fourth-order valence-corrected chi connectivity index (χ4v) is 4.67. The van der Waals surface area contributed by atoms with E-state index in [1.807, 2.05) is 12.1 Å². The maximum absolute atomic E-state index is 12.5. The van der Waals surface area contributed by atoms with Crippen molar-refractivity contribution in [2.24, 2.45) is 11.1 Å². The number of nitrogens with two attached hydrogens (primary N) is 1. The van der Waals surface area contributed by atoms with Gasteiger partial charge in [-0.1, -0.05) is 18.6 Å². The van der Waals surface area contributed by atoms with Crippen LogP contribution < -0.4 is 15.8 Å². The molecule has 0 saturated heterocycles. The highest BCUT2D eigenvalue weighted by Gasteiger charge is 2.54. The summed E-state index contributed by atoms with van der Waals surface area (Å²) in [5, 5.41) is 2.86. The Balaban J connectivity index is 1.73. The van der Waals surface area contributed by atoms with E-state index in [0.717, 1.165) is 38.5 Å². The zero-order chi connectivity index (χ0) is 17.9. The van der Waals surface area contributed by atoms with Gasteiger partial charge in [-0.2, -0.15) is 0 Å². The number of ether oxygens (including phenoxy) is 1. The quantitative estimate of drug-likeness (QED) is 0.831. The first-order chi connectivity index (χ1) is 12.1. The Morgan fingerprint density at radius 2 is 2.04 bits per heavy atom. The lowest BCUT2D eigenvalue weighted by molar-refractivity contribution is -0.131. The number of hydrogen-bond donors (Lipinski definition) is 2. The molecule has 2 saturated carbocycles. The summed E-state index contributed by atoms with van der Waals surface area (Å²) in [6.07, 6.45) is 6.68. The number of rotatable bonds is 6. The van der Waals surface area contributed by atoms with Gasteiger partial charge in [-0.15, -0.1) is 0 Å². The molecule has 5 heteroatoms. The molecule has 2 bridgehead atoms. The molecular formula is C20H27FN2O2. The minimum atomic E-state index is -0.190. The number of hydrogen-bond acceptors (Lipinski definition) is 3. The van der Waals surface area contributed by atoms with E-state index in [1.54, 1.807) is 7.05 Å². The van der Waals surface area contributed by atoms with Crippen LogP contribution >= 0.6 is 0 Å². The van der Waals surface area contributed by atoms with Crippen molar-refractivity contribution in [3.8, 4) is 5.75 Å². The first-order valence-electron chi connectivity index (χ1n) is 9.01. The Bertz CT molecular complexity index is 658. The Labute approximate surface area is 148 Å². The lowest BCUT2D eigenvalue weighted by Gasteiger charge is -2.39. The standard InChI is InChI=1S/C20H27FN2O2/c1-23-18(24)20-8-2-7-19(14-20,9-10-20)16-3-5-17(6-4-16)25-13-15(11-21)12-22/h3-6,11H,2,7-10,12-14,22H2,1H3,(H,23,24). The minimum absolute atomic E-state index is 0.102. The first kappa shape index (κ1) is 17.9. The summed E-state index contributed by atoms with van der Waals surface area (Å²) in [7, 11) is 1.74. The molecule has 0 aliphatic heterocycles. The SMILES string of the molecule is CNC(=O)C12CCCC(c3ccc(OCC(=CF)CN)cc3)(CC1)C2. The molecule has 1 amide bonds. The highest BCUT2D eigenvalue weighted by Crippen LogP contribution is 2.59. The van der Waals surface area contributed by atoms with E-state index in [2.05, 4.69) is 17.4 Å². The molecule has 0 aromatic heterocycles. The predicted molar refractivity (Wildman–Crippen MR) is 96.1 cm³/mol. The predicted octanol–water partition coefficient (Wildman–Crippen LogP) is 3.22. The van der Waals surface area contributed by atoms with Crippen LogP contribution in [0.3, 0.4) is 0 Å². The monoisotopic (exact) mass is 346 g/mol. The largest absolute Gasteiger partial charge is 0.489 e. The van der Waals surface area contributed by atoms with Crippen molar-refractivity contribution in [3.05, 3.63) is 41.7 Å².